The first kappa shape index (κ1) is 14.0. The van der Waals surface area contributed by atoms with Gasteiger partial charge in [-0.15, -0.1) is 11.3 Å². The molecule has 0 fully saturated rings. The van der Waals surface area contributed by atoms with Crippen molar-refractivity contribution < 1.29 is 14.3 Å². The van der Waals surface area contributed by atoms with Crippen LogP contribution in [0.5, 0.6) is 5.88 Å². The number of aryl methyl sites for hydroxylation is 1. The molecule has 21 heavy (non-hydrogen) atoms. The second-order valence-electron chi connectivity index (χ2n) is 4.74. The van der Waals surface area contributed by atoms with Crippen molar-refractivity contribution in [2.24, 2.45) is 0 Å². The number of fused-ring (bicyclic) bond motifs is 1. The smallest absolute Gasteiger partial charge is 0.315 e. The molecule has 2 aromatic heterocycles. The van der Waals surface area contributed by atoms with E-state index in [0.29, 0.717) is 12.5 Å². The van der Waals surface area contributed by atoms with Crippen LogP contribution in [0.25, 0.3) is 10.7 Å². The Kier molecular flexibility index (Phi) is 3.88. The molecule has 0 amide bonds. The number of esters is 1. The normalized spacial score (nSPS) is 16.6. The van der Waals surface area contributed by atoms with Crippen molar-refractivity contribution in [2.75, 3.05) is 13.7 Å². The predicted molar refractivity (Wildman–Crippen MR) is 79.6 cm³/mol. The van der Waals surface area contributed by atoms with Crippen molar-refractivity contribution in [1.82, 2.24) is 9.97 Å². The van der Waals surface area contributed by atoms with Crippen LogP contribution < -0.4 is 4.74 Å². The molecule has 0 radical (unpaired) electrons. The van der Waals surface area contributed by atoms with E-state index in [1.807, 2.05) is 19.1 Å². The first-order valence-corrected chi connectivity index (χ1v) is 7.72. The number of carbonyl (C=O) groups is 1. The Hall–Kier alpha value is -1.95. The maximum absolute atomic E-state index is 12.0. The molecule has 1 aliphatic rings. The van der Waals surface area contributed by atoms with Gasteiger partial charge in [-0.05, 0) is 25.8 Å². The highest BCUT2D eigenvalue weighted by Gasteiger charge is 2.33. The molecule has 0 spiro atoms. The minimum atomic E-state index is -0.226. The topological polar surface area (TPSA) is 61.3 Å². The molecule has 2 heterocycles. The summed E-state index contributed by atoms with van der Waals surface area (Å²) in [4.78, 5) is 22.1. The van der Waals surface area contributed by atoms with Crippen molar-refractivity contribution in [3.8, 4) is 16.6 Å². The van der Waals surface area contributed by atoms with Gasteiger partial charge in [0, 0.05) is 10.9 Å². The summed E-state index contributed by atoms with van der Waals surface area (Å²) in [6.07, 6.45) is 1.67. The van der Waals surface area contributed by atoms with Gasteiger partial charge < -0.3 is 9.47 Å². The predicted octanol–water partition coefficient (Wildman–Crippen LogP) is 2.81. The van der Waals surface area contributed by atoms with E-state index in [1.165, 1.54) is 0 Å². The van der Waals surface area contributed by atoms with Gasteiger partial charge in [-0.3, -0.25) is 4.79 Å². The standard InChI is InChI=1S/C15H16N2O3S/c1-3-20-15(18)9-7-8-11-13(9)17-14(21-11)10-5-4-6-12(16-10)19-2/h4-6,9H,3,7-8H2,1-2H3. The van der Waals surface area contributed by atoms with Gasteiger partial charge in [-0.25, -0.2) is 9.97 Å². The summed E-state index contributed by atoms with van der Waals surface area (Å²) in [6.45, 7) is 2.22. The molecule has 110 valence electrons. The van der Waals surface area contributed by atoms with Crippen LogP contribution in [-0.4, -0.2) is 29.7 Å². The van der Waals surface area contributed by atoms with Crippen LogP contribution in [0.1, 0.15) is 29.8 Å². The highest BCUT2D eigenvalue weighted by Crippen LogP contribution is 2.40. The van der Waals surface area contributed by atoms with E-state index in [0.717, 1.165) is 34.1 Å². The number of ether oxygens (including phenoxy) is 2. The van der Waals surface area contributed by atoms with Crippen LogP contribution in [0, 0.1) is 0 Å². The molecule has 1 aliphatic carbocycles. The van der Waals surface area contributed by atoms with Crippen LogP contribution in [-0.2, 0) is 16.0 Å². The Balaban J connectivity index is 1.91. The Morgan fingerprint density at radius 2 is 2.29 bits per heavy atom. The third-order valence-corrected chi connectivity index (χ3v) is 4.59. The van der Waals surface area contributed by atoms with Gasteiger partial charge in [0.15, 0.2) is 0 Å². The summed E-state index contributed by atoms with van der Waals surface area (Å²) in [6, 6.07) is 5.58. The van der Waals surface area contributed by atoms with Gasteiger partial charge in [0.25, 0.3) is 0 Å². The van der Waals surface area contributed by atoms with Crippen molar-refractivity contribution in [2.45, 2.75) is 25.7 Å². The zero-order chi connectivity index (χ0) is 14.8. The maximum atomic E-state index is 12.0. The van der Waals surface area contributed by atoms with Crippen molar-refractivity contribution in [3.63, 3.8) is 0 Å². The summed E-state index contributed by atoms with van der Waals surface area (Å²) in [5, 5.41) is 0.827. The molecule has 5 nitrogen and oxygen atoms in total. The van der Waals surface area contributed by atoms with Crippen LogP contribution >= 0.6 is 11.3 Å². The lowest BCUT2D eigenvalue weighted by molar-refractivity contribution is -0.145. The summed E-state index contributed by atoms with van der Waals surface area (Å²) in [5.41, 5.74) is 1.63. The Labute approximate surface area is 127 Å². The minimum Gasteiger partial charge on any atom is -0.481 e. The number of thiazole rings is 1. The third kappa shape index (κ3) is 2.63. The second kappa shape index (κ2) is 5.81. The van der Waals surface area contributed by atoms with Gasteiger partial charge in [-0.2, -0.15) is 0 Å². The number of pyridine rings is 1. The highest BCUT2D eigenvalue weighted by atomic mass is 32.1. The first-order chi connectivity index (χ1) is 10.2. The largest absolute Gasteiger partial charge is 0.481 e. The van der Waals surface area contributed by atoms with E-state index < -0.39 is 0 Å². The van der Waals surface area contributed by atoms with Crippen LogP contribution in [0.4, 0.5) is 0 Å². The fraction of sp³-hybridized carbons (Fsp3) is 0.400. The molecule has 0 aliphatic heterocycles. The second-order valence-corrected chi connectivity index (χ2v) is 5.82. The van der Waals surface area contributed by atoms with Crippen molar-refractivity contribution in [3.05, 3.63) is 28.8 Å². The van der Waals surface area contributed by atoms with E-state index >= 15 is 0 Å². The zero-order valence-corrected chi connectivity index (χ0v) is 12.8. The summed E-state index contributed by atoms with van der Waals surface area (Å²) in [5.74, 6) is 0.159. The molecule has 1 atom stereocenters. The number of rotatable bonds is 4. The molecule has 0 saturated carbocycles. The molecule has 6 heteroatoms. The fourth-order valence-corrected chi connectivity index (χ4v) is 3.56. The van der Waals surface area contributed by atoms with Crippen LogP contribution in [0.3, 0.4) is 0 Å². The lowest BCUT2D eigenvalue weighted by Gasteiger charge is -2.07. The molecule has 1 unspecified atom stereocenters. The van der Waals surface area contributed by atoms with Gasteiger partial charge in [0.2, 0.25) is 5.88 Å². The lowest BCUT2D eigenvalue weighted by atomic mass is 10.1. The van der Waals surface area contributed by atoms with E-state index in [4.69, 9.17) is 9.47 Å². The highest BCUT2D eigenvalue weighted by molar-refractivity contribution is 7.15. The minimum absolute atomic E-state index is 0.174. The molecule has 0 aromatic carbocycles. The molecule has 3 rings (SSSR count). The van der Waals surface area contributed by atoms with E-state index in [1.54, 1.807) is 24.5 Å². The number of methoxy groups -OCH3 is 1. The third-order valence-electron chi connectivity index (χ3n) is 3.44. The van der Waals surface area contributed by atoms with Crippen LogP contribution in [0.2, 0.25) is 0 Å². The van der Waals surface area contributed by atoms with E-state index in [2.05, 4.69) is 9.97 Å². The van der Waals surface area contributed by atoms with Crippen LogP contribution in [0.15, 0.2) is 18.2 Å². The van der Waals surface area contributed by atoms with Gasteiger partial charge >= 0.3 is 5.97 Å². The van der Waals surface area contributed by atoms with Crippen molar-refractivity contribution in [1.29, 1.82) is 0 Å². The molecule has 0 saturated heterocycles. The number of hydrogen-bond acceptors (Lipinski definition) is 6. The number of hydrogen-bond donors (Lipinski definition) is 0. The average molecular weight is 304 g/mol. The number of aromatic nitrogens is 2. The Bertz CT molecular complexity index is 669. The molecule has 2 aromatic rings. The van der Waals surface area contributed by atoms with E-state index in [9.17, 15) is 4.79 Å². The SMILES string of the molecule is CCOC(=O)C1CCc2sc(-c3cccc(OC)n3)nc21. The number of nitrogens with zero attached hydrogens (tertiary/aromatic N) is 2. The molecule has 0 N–H and O–H groups in total. The summed E-state index contributed by atoms with van der Waals surface area (Å²) in [7, 11) is 1.59. The Morgan fingerprint density at radius 3 is 3.05 bits per heavy atom. The van der Waals surface area contributed by atoms with Gasteiger partial charge in [0.05, 0.1) is 19.4 Å². The first-order valence-electron chi connectivity index (χ1n) is 6.90. The zero-order valence-electron chi connectivity index (χ0n) is 12.0. The average Bonchev–Trinajstić information content (AvgIpc) is 3.07. The maximum Gasteiger partial charge on any atom is 0.315 e. The monoisotopic (exact) mass is 304 g/mol. The molecular formula is C15H16N2O3S. The van der Waals surface area contributed by atoms with E-state index in [-0.39, 0.29) is 11.9 Å². The number of carbonyl (C=O) groups excluding carboxylic acids is 1. The fourth-order valence-electron chi connectivity index (χ4n) is 2.46. The van der Waals surface area contributed by atoms with Gasteiger partial charge in [-0.1, -0.05) is 6.07 Å². The van der Waals surface area contributed by atoms with Gasteiger partial charge in [0.1, 0.15) is 16.6 Å². The van der Waals surface area contributed by atoms with Crippen molar-refractivity contribution >= 4 is 17.3 Å². The summed E-state index contributed by atoms with van der Waals surface area (Å²) >= 11 is 1.60. The quantitative estimate of drug-likeness (QED) is 0.813. The molecule has 0 bridgehead atoms. The summed E-state index contributed by atoms with van der Waals surface area (Å²) < 4.78 is 10.3. The lowest BCUT2D eigenvalue weighted by Crippen LogP contribution is -2.14. The molecular weight excluding hydrogens is 288 g/mol. The Morgan fingerprint density at radius 1 is 1.43 bits per heavy atom.